The van der Waals surface area contributed by atoms with Crippen LogP contribution >= 0.6 is 11.3 Å². The molecule has 0 radical (unpaired) electrons. The molecule has 0 aliphatic rings. The van der Waals surface area contributed by atoms with Crippen LogP contribution in [0.3, 0.4) is 0 Å². The molecule has 84 valence electrons. The van der Waals surface area contributed by atoms with Crippen molar-refractivity contribution in [3.63, 3.8) is 0 Å². The minimum absolute atomic E-state index is 0.345. The van der Waals surface area contributed by atoms with E-state index in [1.165, 1.54) is 5.56 Å². The van der Waals surface area contributed by atoms with E-state index in [1.807, 2.05) is 19.3 Å². The van der Waals surface area contributed by atoms with Gasteiger partial charge in [-0.15, -0.1) is 0 Å². The zero-order valence-electron chi connectivity index (χ0n) is 9.47. The first-order valence-electron chi connectivity index (χ1n) is 5.30. The molecule has 0 aromatic carbocycles. The van der Waals surface area contributed by atoms with Crippen molar-refractivity contribution in [2.45, 2.75) is 26.3 Å². The third-order valence-electron chi connectivity index (χ3n) is 2.28. The molecule has 0 aliphatic heterocycles. The molecule has 4 heteroatoms. The van der Waals surface area contributed by atoms with Crippen molar-refractivity contribution >= 4 is 17.3 Å². The summed E-state index contributed by atoms with van der Waals surface area (Å²) >= 11 is 1.73. The fraction of sp³-hybridized carbons (Fsp3) is 0.333. The molecule has 0 aliphatic carbocycles. The van der Waals surface area contributed by atoms with Gasteiger partial charge in [0.05, 0.1) is 0 Å². The maximum Gasteiger partial charge on any atom is 0.222 e. The summed E-state index contributed by atoms with van der Waals surface area (Å²) in [5.41, 5.74) is 2.44. The fourth-order valence-corrected chi connectivity index (χ4v) is 2.18. The van der Waals surface area contributed by atoms with Gasteiger partial charge in [0, 0.05) is 18.4 Å². The normalized spacial score (nSPS) is 12.4. The number of hydrogen-bond acceptors (Lipinski definition) is 4. The van der Waals surface area contributed by atoms with Crippen LogP contribution in [0.4, 0.5) is 5.95 Å². The first-order valence-corrected chi connectivity index (χ1v) is 6.24. The van der Waals surface area contributed by atoms with E-state index in [9.17, 15) is 0 Å². The van der Waals surface area contributed by atoms with E-state index < -0.39 is 0 Å². The third-order valence-corrected chi connectivity index (χ3v) is 3.01. The van der Waals surface area contributed by atoms with Crippen LogP contribution in [0.25, 0.3) is 0 Å². The molecule has 0 amide bonds. The fourth-order valence-electron chi connectivity index (χ4n) is 1.50. The first-order chi connectivity index (χ1) is 7.74. The Balaban J connectivity index is 1.92. The Hall–Kier alpha value is -1.42. The molecule has 3 nitrogen and oxygen atoms in total. The Kier molecular flexibility index (Phi) is 3.51. The maximum atomic E-state index is 4.23. The second-order valence-corrected chi connectivity index (χ2v) is 4.75. The predicted molar refractivity (Wildman–Crippen MR) is 67.9 cm³/mol. The zero-order chi connectivity index (χ0) is 11.4. The lowest BCUT2D eigenvalue weighted by molar-refractivity contribution is 0.778. The van der Waals surface area contributed by atoms with Gasteiger partial charge in [-0.25, -0.2) is 9.97 Å². The standard InChI is InChI=1S/C12H15N3S/c1-9-6-13-12(14-7-9)15-10(2)5-11-3-4-16-8-11/h3-4,6-8,10H,5H2,1-2H3,(H,13,14,15). The molecule has 2 rings (SSSR count). The smallest absolute Gasteiger partial charge is 0.222 e. The minimum Gasteiger partial charge on any atom is -0.351 e. The van der Waals surface area contributed by atoms with E-state index in [-0.39, 0.29) is 0 Å². The molecular weight excluding hydrogens is 218 g/mol. The van der Waals surface area contributed by atoms with E-state index in [1.54, 1.807) is 11.3 Å². The first kappa shape index (κ1) is 11.1. The summed E-state index contributed by atoms with van der Waals surface area (Å²) in [6.45, 7) is 4.12. The zero-order valence-corrected chi connectivity index (χ0v) is 10.3. The van der Waals surface area contributed by atoms with Crippen LogP contribution in [0, 0.1) is 6.92 Å². The third kappa shape index (κ3) is 3.03. The molecule has 1 N–H and O–H groups in total. The molecule has 16 heavy (non-hydrogen) atoms. The van der Waals surface area contributed by atoms with Crippen LogP contribution in [-0.2, 0) is 6.42 Å². The minimum atomic E-state index is 0.345. The van der Waals surface area contributed by atoms with Gasteiger partial charge in [-0.2, -0.15) is 11.3 Å². The summed E-state index contributed by atoms with van der Waals surface area (Å²) in [7, 11) is 0. The van der Waals surface area contributed by atoms with Crippen molar-refractivity contribution in [1.29, 1.82) is 0 Å². The largest absolute Gasteiger partial charge is 0.351 e. The molecule has 0 spiro atoms. The molecule has 0 fully saturated rings. The van der Waals surface area contributed by atoms with Gasteiger partial charge in [0.1, 0.15) is 0 Å². The second-order valence-electron chi connectivity index (χ2n) is 3.97. The SMILES string of the molecule is Cc1cnc(NC(C)Cc2ccsc2)nc1. The molecule has 1 unspecified atom stereocenters. The van der Waals surface area contributed by atoms with Gasteiger partial charge in [0.2, 0.25) is 5.95 Å². The van der Waals surface area contributed by atoms with Crippen LogP contribution in [-0.4, -0.2) is 16.0 Å². The van der Waals surface area contributed by atoms with Gasteiger partial charge >= 0.3 is 0 Å². The molecule has 2 aromatic heterocycles. The van der Waals surface area contributed by atoms with Gasteiger partial charge in [-0.05, 0) is 48.2 Å². The van der Waals surface area contributed by atoms with Gasteiger partial charge < -0.3 is 5.32 Å². The highest BCUT2D eigenvalue weighted by atomic mass is 32.1. The quantitative estimate of drug-likeness (QED) is 0.882. The summed E-state index contributed by atoms with van der Waals surface area (Å²) in [5, 5.41) is 7.57. The van der Waals surface area contributed by atoms with Crippen LogP contribution in [0.1, 0.15) is 18.1 Å². The molecule has 0 saturated carbocycles. The van der Waals surface area contributed by atoms with E-state index in [4.69, 9.17) is 0 Å². The number of rotatable bonds is 4. The Labute approximate surface area is 99.6 Å². The second kappa shape index (κ2) is 5.07. The molecule has 2 aromatic rings. The number of aromatic nitrogens is 2. The lowest BCUT2D eigenvalue weighted by Gasteiger charge is -2.12. The number of thiophene rings is 1. The van der Waals surface area contributed by atoms with Crippen molar-refractivity contribution in [1.82, 2.24) is 9.97 Å². The highest BCUT2D eigenvalue weighted by Crippen LogP contribution is 2.10. The van der Waals surface area contributed by atoms with Crippen molar-refractivity contribution < 1.29 is 0 Å². The van der Waals surface area contributed by atoms with E-state index in [0.29, 0.717) is 12.0 Å². The summed E-state index contributed by atoms with van der Waals surface area (Å²) in [5.74, 6) is 0.702. The van der Waals surface area contributed by atoms with E-state index in [0.717, 1.165) is 12.0 Å². The lowest BCUT2D eigenvalue weighted by Crippen LogP contribution is -2.19. The molecular formula is C12H15N3S. The van der Waals surface area contributed by atoms with Crippen molar-refractivity contribution in [2.24, 2.45) is 0 Å². The molecule has 1 atom stereocenters. The summed E-state index contributed by atoms with van der Waals surface area (Å²) in [4.78, 5) is 8.46. The van der Waals surface area contributed by atoms with Crippen molar-refractivity contribution in [3.8, 4) is 0 Å². The Morgan fingerprint density at radius 2 is 2.12 bits per heavy atom. The number of aryl methyl sites for hydroxylation is 1. The van der Waals surface area contributed by atoms with E-state index >= 15 is 0 Å². The topological polar surface area (TPSA) is 37.8 Å². The summed E-state index contributed by atoms with van der Waals surface area (Å²) in [6, 6.07) is 2.50. The number of nitrogens with zero attached hydrogens (tertiary/aromatic N) is 2. The Bertz CT molecular complexity index is 422. The average molecular weight is 233 g/mol. The molecule has 0 saturated heterocycles. The van der Waals surface area contributed by atoms with Crippen molar-refractivity contribution in [3.05, 3.63) is 40.3 Å². The lowest BCUT2D eigenvalue weighted by atomic mass is 10.1. The van der Waals surface area contributed by atoms with Crippen LogP contribution < -0.4 is 5.32 Å². The van der Waals surface area contributed by atoms with Crippen molar-refractivity contribution in [2.75, 3.05) is 5.32 Å². The maximum absolute atomic E-state index is 4.23. The predicted octanol–water partition coefficient (Wildman–Crippen LogP) is 2.89. The summed E-state index contributed by atoms with van der Waals surface area (Å²) in [6.07, 6.45) is 4.65. The number of nitrogens with one attached hydrogen (secondary N) is 1. The van der Waals surface area contributed by atoms with Gasteiger partial charge in [-0.3, -0.25) is 0 Å². The number of anilines is 1. The summed E-state index contributed by atoms with van der Waals surface area (Å²) < 4.78 is 0. The monoisotopic (exact) mass is 233 g/mol. The van der Waals surface area contributed by atoms with E-state index in [2.05, 4.69) is 39.0 Å². The van der Waals surface area contributed by atoms with Gasteiger partial charge in [0.25, 0.3) is 0 Å². The van der Waals surface area contributed by atoms with Crippen LogP contribution in [0.2, 0.25) is 0 Å². The molecule has 0 bridgehead atoms. The highest BCUT2D eigenvalue weighted by Gasteiger charge is 2.05. The average Bonchev–Trinajstić information content (AvgIpc) is 2.74. The van der Waals surface area contributed by atoms with Crippen LogP contribution in [0.15, 0.2) is 29.2 Å². The Morgan fingerprint density at radius 3 is 2.75 bits per heavy atom. The highest BCUT2D eigenvalue weighted by molar-refractivity contribution is 7.07. The Morgan fingerprint density at radius 1 is 1.38 bits per heavy atom. The molecule has 2 heterocycles. The number of hydrogen-bond donors (Lipinski definition) is 1. The van der Waals surface area contributed by atoms with Gasteiger partial charge in [-0.1, -0.05) is 0 Å². The van der Waals surface area contributed by atoms with Gasteiger partial charge in [0.15, 0.2) is 0 Å². The van der Waals surface area contributed by atoms with Crippen LogP contribution in [0.5, 0.6) is 0 Å².